The lowest BCUT2D eigenvalue weighted by Crippen LogP contribution is -2.62. The zero-order valence-electron chi connectivity index (χ0n) is 15.8. The average molecular weight is 347 g/mol. The minimum absolute atomic E-state index is 0.0473. The van der Waals surface area contributed by atoms with Crippen molar-refractivity contribution in [2.75, 3.05) is 40.3 Å². The van der Waals surface area contributed by atoms with Crippen LogP contribution < -0.4 is 0 Å². The number of amides is 2. The van der Waals surface area contributed by atoms with Crippen molar-refractivity contribution in [1.29, 1.82) is 0 Å². The van der Waals surface area contributed by atoms with E-state index >= 15 is 0 Å². The zero-order valence-corrected chi connectivity index (χ0v) is 15.8. The Morgan fingerprint density at radius 1 is 1.20 bits per heavy atom. The predicted molar refractivity (Wildman–Crippen MR) is 95.3 cm³/mol. The molecular formula is C18H29N5O2. The molecule has 0 aliphatic carbocycles. The van der Waals surface area contributed by atoms with E-state index in [0.717, 1.165) is 38.0 Å². The third kappa shape index (κ3) is 3.29. The lowest BCUT2D eigenvalue weighted by molar-refractivity contribution is -0.129. The largest absolute Gasteiger partial charge is 0.346 e. The van der Waals surface area contributed by atoms with Crippen LogP contribution in [0, 0.1) is 0 Å². The molecule has 2 aliphatic heterocycles. The standard InChI is InChI=1S/C18H29N5O2/c1-5-14-12-15(22(4)19-14)17(25)23-11-10-21(3)18(13-23)7-6-16(24)20(2)9-8-18/h12H,5-11,13H2,1-4H3/t18-/m1/s1. The van der Waals surface area contributed by atoms with Gasteiger partial charge in [-0.3, -0.25) is 19.2 Å². The number of piperazine rings is 1. The van der Waals surface area contributed by atoms with Crippen molar-refractivity contribution >= 4 is 11.8 Å². The van der Waals surface area contributed by atoms with Gasteiger partial charge in [0.05, 0.1) is 5.69 Å². The van der Waals surface area contributed by atoms with Crippen LogP contribution in [0.5, 0.6) is 0 Å². The first-order valence-electron chi connectivity index (χ1n) is 9.14. The summed E-state index contributed by atoms with van der Waals surface area (Å²) >= 11 is 0. The van der Waals surface area contributed by atoms with Gasteiger partial charge < -0.3 is 9.80 Å². The molecule has 25 heavy (non-hydrogen) atoms. The molecular weight excluding hydrogens is 318 g/mol. The minimum atomic E-state index is -0.111. The summed E-state index contributed by atoms with van der Waals surface area (Å²) in [6, 6.07) is 1.90. The van der Waals surface area contributed by atoms with Gasteiger partial charge in [-0.05, 0) is 32.4 Å². The number of hydrogen-bond donors (Lipinski definition) is 0. The van der Waals surface area contributed by atoms with E-state index in [1.54, 1.807) is 4.68 Å². The van der Waals surface area contributed by atoms with Gasteiger partial charge in [-0.15, -0.1) is 0 Å². The molecule has 2 fully saturated rings. The fourth-order valence-electron chi connectivity index (χ4n) is 3.99. The molecule has 0 aromatic carbocycles. The highest BCUT2D eigenvalue weighted by molar-refractivity contribution is 5.93. The molecule has 2 amide bonds. The van der Waals surface area contributed by atoms with Crippen LogP contribution in [0.3, 0.4) is 0 Å². The van der Waals surface area contributed by atoms with E-state index in [1.165, 1.54) is 0 Å². The van der Waals surface area contributed by atoms with Crippen molar-refractivity contribution < 1.29 is 9.59 Å². The Labute approximate surface area is 149 Å². The normalized spacial score (nSPS) is 25.5. The van der Waals surface area contributed by atoms with Crippen molar-refractivity contribution in [3.05, 3.63) is 17.5 Å². The fraction of sp³-hybridized carbons (Fsp3) is 0.722. The van der Waals surface area contributed by atoms with E-state index in [9.17, 15) is 9.59 Å². The summed E-state index contributed by atoms with van der Waals surface area (Å²) < 4.78 is 1.69. The number of carbonyl (C=O) groups is 2. The highest BCUT2D eigenvalue weighted by Gasteiger charge is 2.43. The van der Waals surface area contributed by atoms with Crippen molar-refractivity contribution in [3.63, 3.8) is 0 Å². The summed E-state index contributed by atoms with van der Waals surface area (Å²) in [5.41, 5.74) is 1.48. The summed E-state index contributed by atoms with van der Waals surface area (Å²) in [6.07, 6.45) is 3.08. The van der Waals surface area contributed by atoms with E-state index < -0.39 is 0 Å². The van der Waals surface area contributed by atoms with Crippen molar-refractivity contribution in [3.8, 4) is 0 Å². The van der Waals surface area contributed by atoms with Gasteiger partial charge in [0.1, 0.15) is 5.69 Å². The molecule has 2 aliphatic rings. The zero-order chi connectivity index (χ0) is 18.2. The van der Waals surface area contributed by atoms with E-state index in [2.05, 4.69) is 17.0 Å². The van der Waals surface area contributed by atoms with Crippen LogP contribution in [0.25, 0.3) is 0 Å². The summed E-state index contributed by atoms with van der Waals surface area (Å²) in [5, 5.41) is 4.41. The van der Waals surface area contributed by atoms with Gasteiger partial charge in [0, 0.05) is 52.2 Å². The molecule has 1 atom stereocenters. The monoisotopic (exact) mass is 347 g/mol. The van der Waals surface area contributed by atoms with E-state index in [4.69, 9.17) is 0 Å². The third-order valence-corrected chi connectivity index (χ3v) is 5.94. The Hall–Kier alpha value is -1.89. The Balaban J connectivity index is 1.81. The molecule has 0 N–H and O–H groups in total. The second-order valence-corrected chi connectivity index (χ2v) is 7.44. The van der Waals surface area contributed by atoms with E-state index in [0.29, 0.717) is 25.2 Å². The molecule has 1 aromatic rings. The lowest BCUT2D eigenvalue weighted by atomic mass is 9.86. The van der Waals surface area contributed by atoms with Crippen LogP contribution in [0.1, 0.15) is 42.4 Å². The Bertz CT molecular complexity index is 670. The van der Waals surface area contributed by atoms with Crippen LogP contribution in [0.2, 0.25) is 0 Å². The molecule has 0 radical (unpaired) electrons. The number of carbonyl (C=O) groups excluding carboxylic acids is 2. The van der Waals surface area contributed by atoms with Gasteiger partial charge in [-0.2, -0.15) is 5.10 Å². The summed E-state index contributed by atoms with van der Waals surface area (Å²) in [6.45, 7) is 5.02. The van der Waals surface area contributed by atoms with Gasteiger partial charge >= 0.3 is 0 Å². The van der Waals surface area contributed by atoms with Gasteiger partial charge in [0.2, 0.25) is 5.91 Å². The molecule has 3 heterocycles. The summed E-state index contributed by atoms with van der Waals surface area (Å²) in [4.78, 5) is 31.3. The van der Waals surface area contributed by atoms with Crippen LogP contribution >= 0.6 is 0 Å². The van der Waals surface area contributed by atoms with Crippen molar-refractivity contribution in [2.24, 2.45) is 7.05 Å². The number of nitrogens with zero attached hydrogens (tertiary/aromatic N) is 5. The SMILES string of the molecule is CCc1cc(C(=O)N2CCN(C)[C@@]3(CCC(=O)N(C)CC3)C2)n(C)n1. The topological polar surface area (TPSA) is 61.7 Å². The van der Waals surface area contributed by atoms with Crippen LogP contribution in [-0.4, -0.2) is 82.1 Å². The van der Waals surface area contributed by atoms with Crippen LogP contribution in [-0.2, 0) is 18.3 Å². The van der Waals surface area contributed by atoms with Gasteiger partial charge in [-0.1, -0.05) is 6.92 Å². The summed E-state index contributed by atoms with van der Waals surface area (Å²) in [7, 11) is 5.82. The van der Waals surface area contributed by atoms with Crippen LogP contribution in [0.4, 0.5) is 0 Å². The maximum Gasteiger partial charge on any atom is 0.272 e. The van der Waals surface area contributed by atoms with Gasteiger partial charge in [0.25, 0.3) is 5.91 Å². The molecule has 7 nitrogen and oxygen atoms in total. The van der Waals surface area contributed by atoms with Gasteiger partial charge in [0.15, 0.2) is 0 Å². The fourth-order valence-corrected chi connectivity index (χ4v) is 3.99. The quantitative estimate of drug-likeness (QED) is 0.792. The van der Waals surface area contributed by atoms with Crippen LogP contribution in [0.15, 0.2) is 6.07 Å². The molecule has 0 bridgehead atoms. The smallest absolute Gasteiger partial charge is 0.272 e. The highest BCUT2D eigenvalue weighted by Crippen LogP contribution is 2.32. The number of aromatic nitrogens is 2. The summed E-state index contributed by atoms with van der Waals surface area (Å²) in [5.74, 6) is 0.249. The highest BCUT2D eigenvalue weighted by atomic mass is 16.2. The molecule has 1 spiro atoms. The number of aryl methyl sites for hydroxylation is 2. The van der Waals surface area contributed by atoms with E-state index in [1.807, 2.05) is 36.9 Å². The molecule has 7 heteroatoms. The molecule has 138 valence electrons. The second-order valence-electron chi connectivity index (χ2n) is 7.44. The number of hydrogen-bond acceptors (Lipinski definition) is 4. The molecule has 0 saturated carbocycles. The lowest BCUT2D eigenvalue weighted by Gasteiger charge is -2.49. The molecule has 3 rings (SSSR count). The van der Waals surface area contributed by atoms with Crippen molar-refractivity contribution in [2.45, 2.75) is 38.1 Å². The van der Waals surface area contributed by atoms with E-state index in [-0.39, 0.29) is 17.4 Å². The first-order chi connectivity index (χ1) is 11.9. The number of likely N-dealkylation sites (tertiary alicyclic amines) is 1. The predicted octanol–water partition coefficient (Wildman–Crippen LogP) is 0.751. The first kappa shape index (κ1) is 17.9. The molecule has 1 aromatic heterocycles. The maximum atomic E-state index is 13.1. The average Bonchev–Trinajstić information content (AvgIpc) is 2.93. The minimum Gasteiger partial charge on any atom is -0.346 e. The number of likely N-dealkylation sites (N-methyl/N-ethyl adjacent to an activating group) is 1. The first-order valence-corrected chi connectivity index (χ1v) is 9.14. The Kier molecular flexibility index (Phi) is 4.86. The molecule has 0 unspecified atom stereocenters. The second kappa shape index (κ2) is 6.78. The maximum absolute atomic E-state index is 13.1. The third-order valence-electron chi connectivity index (χ3n) is 5.94. The van der Waals surface area contributed by atoms with Crippen molar-refractivity contribution in [1.82, 2.24) is 24.5 Å². The molecule has 2 saturated heterocycles. The van der Waals surface area contributed by atoms with Gasteiger partial charge in [-0.25, -0.2) is 0 Å². The number of rotatable bonds is 2. The Morgan fingerprint density at radius 2 is 1.96 bits per heavy atom. The Morgan fingerprint density at radius 3 is 2.64 bits per heavy atom.